The molecule has 4 aromatic rings. The SMILES string of the molecule is CC(=O)c1ccc(NC(=O)Cn2c(=O)n(-c3ccccc3)c3ncccc32)cc1. The van der Waals surface area contributed by atoms with Gasteiger partial charge in [-0.2, -0.15) is 0 Å². The molecule has 2 aromatic carbocycles. The molecule has 1 amide bonds. The predicted molar refractivity (Wildman–Crippen MR) is 110 cm³/mol. The van der Waals surface area contributed by atoms with E-state index in [1.54, 1.807) is 42.6 Å². The molecule has 29 heavy (non-hydrogen) atoms. The van der Waals surface area contributed by atoms with Gasteiger partial charge in [0.25, 0.3) is 0 Å². The maximum absolute atomic E-state index is 13.1. The molecule has 2 aromatic heterocycles. The van der Waals surface area contributed by atoms with Gasteiger partial charge in [0, 0.05) is 17.4 Å². The molecule has 1 N–H and O–H groups in total. The summed E-state index contributed by atoms with van der Waals surface area (Å²) < 4.78 is 2.89. The molecule has 0 fully saturated rings. The van der Waals surface area contributed by atoms with E-state index in [1.165, 1.54) is 16.1 Å². The van der Waals surface area contributed by atoms with Crippen molar-refractivity contribution in [3.05, 3.63) is 89.0 Å². The Morgan fingerprint density at radius 3 is 2.38 bits per heavy atom. The van der Waals surface area contributed by atoms with Crippen LogP contribution in [0.4, 0.5) is 5.69 Å². The van der Waals surface area contributed by atoms with Gasteiger partial charge in [0.1, 0.15) is 6.54 Å². The first kappa shape index (κ1) is 18.4. The summed E-state index contributed by atoms with van der Waals surface area (Å²) in [6.07, 6.45) is 1.61. The maximum Gasteiger partial charge on any atom is 0.335 e. The highest BCUT2D eigenvalue weighted by Gasteiger charge is 2.17. The number of rotatable bonds is 5. The Balaban J connectivity index is 1.66. The van der Waals surface area contributed by atoms with E-state index in [-0.39, 0.29) is 23.9 Å². The first-order valence-electron chi connectivity index (χ1n) is 9.07. The second kappa shape index (κ2) is 7.55. The third kappa shape index (κ3) is 3.58. The van der Waals surface area contributed by atoms with E-state index in [9.17, 15) is 14.4 Å². The molecule has 0 radical (unpaired) electrons. The lowest BCUT2D eigenvalue weighted by Gasteiger charge is -2.07. The second-order valence-corrected chi connectivity index (χ2v) is 6.57. The van der Waals surface area contributed by atoms with Gasteiger partial charge >= 0.3 is 5.69 Å². The van der Waals surface area contributed by atoms with Crippen molar-refractivity contribution in [2.75, 3.05) is 5.32 Å². The molecular formula is C22H18N4O3. The summed E-state index contributed by atoms with van der Waals surface area (Å²) in [5.41, 5.74) is 2.52. The van der Waals surface area contributed by atoms with E-state index in [0.29, 0.717) is 28.1 Å². The van der Waals surface area contributed by atoms with Crippen LogP contribution in [0.1, 0.15) is 17.3 Å². The molecule has 0 saturated carbocycles. The van der Waals surface area contributed by atoms with E-state index < -0.39 is 0 Å². The molecule has 0 aliphatic heterocycles. The third-order valence-electron chi connectivity index (χ3n) is 4.58. The molecule has 0 spiro atoms. The average Bonchev–Trinajstić information content (AvgIpc) is 3.00. The Morgan fingerprint density at radius 1 is 0.966 bits per heavy atom. The van der Waals surface area contributed by atoms with Gasteiger partial charge in [-0.3, -0.25) is 14.2 Å². The zero-order valence-corrected chi connectivity index (χ0v) is 15.7. The van der Waals surface area contributed by atoms with E-state index in [0.717, 1.165) is 0 Å². The zero-order valence-electron chi connectivity index (χ0n) is 15.7. The molecule has 144 valence electrons. The number of pyridine rings is 1. The van der Waals surface area contributed by atoms with Crippen LogP contribution in [0.15, 0.2) is 77.7 Å². The van der Waals surface area contributed by atoms with Crippen molar-refractivity contribution in [2.24, 2.45) is 0 Å². The number of imidazole rings is 1. The molecular weight excluding hydrogens is 368 g/mol. The number of anilines is 1. The molecule has 0 atom stereocenters. The molecule has 0 unspecified atom stereocenters. The number of para-hydroxylation sites is 1. The zero-order chi connectivity index (χ0) is 20.4. The van der Waals surface area contributed by atoms with Crippen LogP contribution >= 0.6 is 0 Å². The van der Waals surface area contributed by atoms with Crippen LogP contribution in [0.25, 0.3) is 16.9 Å². The molecule has 0 saturated heterocycles. The van der Waals surface area contributed by atoms with Crippen molar-refractivity contribution in [3.63, 3.8) is 0 Å². The lowest BCUT2D eigenvalue weighted by atomic mass is 10.1. The number of Topliss-reactive ketones (excluding diaryl/α,β-unsaturated/α-hetero) is 1. The van der Waals surface area contributed by atoms with Crippen molar-refractivity contribution in [1.82, 2.24) is 14.1 Å². The highest BCUT2D eigenvalue weighted by molar-refractivity contribution is 5.95. The number of nitrogens with zero attached hydrogens (tertiary/aromatic N) is 3. The van der Waals surface area contributed by atoms with Gasteiger partial charge in [-0.05, 0) is 55.5 Å². The Hall–Kier alpha value is -4.00. The van der Waals surface area contributed by atoms with Crippen molar-refractivity contribution < 1.29 is 9.59 Å². The number of aromatic nitrogens is 3. The van der Waals surface area contributed by atoms with Crippen molar-refractivity contribution in [3.8, 4) is 5.69 Å². The highest BCUT2D eigenvalue weighted by atomic mass is 16.2. The number of hydrogen-bond acceptors (Lipinski definition) is 4. The normalized spacial score (nSPS) is 10.8. The quantitative estimate of drug-likeness (QED) is 0.534. The number of benzene rings is 2. The topological polar surface area (TPSA) is 86.0 Å². The van der Waals surface area contributed by atoms with Crippen LogP contribution in [0.5, 0.6) is 0 Å². The van der Waals surface area contributed by atoms with Crippen LogP contribution in [-0.4, -0.2) is 25.8 Å². The fraction of sp³-hybridized carbons (Fsp3) is 0.0909. The largest absolute Gasteiger partial charge is 0.335 e. The summed E-state index contributed by atoms with van der Waals surface area (Å²) in [6.45, 7) is 1.33. The Morgan fingerprint density at radius 2 is 1.69 bits per heavy atom. The van der Waals surface area contributed by atoms with Crippen LogP contribution < -0.4 is 11.0 Å². The van der Waals surface area contributed by atoms with Gasteiger partial charge in [0.05, 0.1) is 11.2 Å². The fourth-order valence-corrected chi connectivity index (χ4v) is 3.18. The van der Waals surface area contributed by atoms with E-state index in [4.69, 9.17) is 0 Å². The lowest BCUT2D eigenvalue weighted by Crippen LogP contribution is -2.28. The molecule has 0 bridgehead atoms. The Labute approximate surface area is 166 Å². The van der Waals surface area contributed by atoms with E-state index in [1.807, 2.05) is 30.3 Å². The number of hydrogen-bond donors (Lipinski definition) is 1. The van der Waals surface area contributed by atoms with Gasteiger partial charge in [0.2, 0.25) is 5.91 Å². The number of fused-ring (bicyclic) bond motifs is 1. The van der Waals surface area contributed by atoms with E-state index >= 15 is 0 Å². The maximum atomic E-state index is 13.1. The third-order valence-corrected chi connectivity index (χ3v) is 4.58. The monoisotopic (exact) mass is 386 g/mol. The van der Waals surface area contributed by atoms with Crippen molar-refractivity contribution in [2.45, 2.75) is 13.5 Å². The minimum absolute atomic E-state index is 0.0457. The van der Waals surface area contributed by atoms with Gasteiger partial charge in [0.15, 0.2) is 11.4 Å². The number of nitrogens with one attached hydrogen (secondary N) is 1. The van der Waals surface area contributed by atoms with Crippen molar-refractivity contribution in [1.29, 1.82) is 0 Å². The van der Waals surface area contributed by atoms with Crippen LogP contribution in [-0.2, 0) is 11.3 Å². The first-order chi connectivity index (χ1) is 14.0. The van der Waals surface area contributed by atoms with Gasteiger partial charge in [-0.15, -0.1) is 0 Å². The van der Waals surface area contributed by atoms with Crippen LogP contribution in [0.3, 0.4) is 0 Å². The minimum atomic E-state index is -0.348. The summed E-state index contributed by atoms with van der Waals surface area (Å²) in [7, 11) is 0. The predicted octanol–water partition coefficient (Wildman–Crippen LogP) is 3.03. The fourth-order valence-electron chi connectivity index (χ4n) is 3.18. The second-order valence-electron chi connectivity index (χ2n) is 6.57. The summed E-state index contributed by atoms with van der Waals surface area (Å²) in [5, 5.41) is 2.76. The number of carbonyl (C=O) groups is 2. The lowest BCUT2D eigenvalue weighted by molar-refractivity contribution is -0.116. The summed E-state index contributed by atoms with van der Waals surface area (Å²) in [5.74, 6) is -0.394. The summed E-state index contributed by atoms with van der Waals surface area (Å²) in [6, 6.07) is 19.3. The number of carbonyl (C=O) groups excluding carboxylic acids is 2. The molecule has 7 nitrogen and oxygen atoms in total. The highest BCUT2D eigenvalue weighted by Crippen LogP contribution is 2.16. The van der Waals surface area contributed by atoms with E-state index in [2.05, 4.69) is 10.3 Å². The summed E-state index contributed by atoms with van der Waals surface area (Å²) in [4.78, 5) is 41.3. The molecule has 2 heterocycles. The van der Waals surface area contributed by atoms with Gasteiger partial charge < -0.3 is 5.32 Å². The number of amides is 1. The molecule has 7 heteroatoms. The smallest absolute Gasteiger partial charge is 0.325 e. The number of ketones is 1. The summed E-state index contributed by atoms with van der Waals surface area (Å²) >= 11 is 0. The van der Waals surface area contributed by atoms with Crippen LogP contribution in [0.2, 0.25) is 0 Å². The van der Waals surface area contributed by atoms with Gasteiger partial charge in [-0.25, -0.2) is 14.3 Å². The average molecular weight is 386 g/mol. The Bertz CT molecular complexity index is 1250. The Kier molecular flexibility index (Phi) is 4.78. The molecule has 0 aliphatic carbocycles. The standard InChI is InChI=1S/C22H18N4O3/c1-15(27)16-9-11-17(12-10-16)24-20(28)14-25-19-8-5-13-23-21(19)26(22(25)29)18-6-3-2-4-7-18/h2-13H,14H2,1H3,(H,24,28). The van der Waals surface area contributed by atoms with Gasteiger partial charge in [-0.1, -0.05) is 18.2 Å². The van der Waals surface area contributed by atoms with Crippen LogP contribution in [0, 0.1) is 0 Å². The minimum Gasteiger partial charge on any atom is -0.325 e. The van der Waals surface area contributed by atoms with Crippen molar-refractivity contribution >= 4 is 28.5 Å². The first-order valence-corrected chi connectivity index (χ1v) is 9.07. The molecule has 0 aliphatic rings. The molecule has 4 rings (SSSR count).